The molecule has 2 aromatic carbocycles. The Balaban J connectivity index is 1.87. The first kappa shape index (κ1) is 16.4. The van der Waals surface area contributed by atoms with Crippen LogP contribution in [0.25, 0.3) is 5.69 Å². The van der Waals surface area contributed by atoms with Gasteiger partial charge >= 0.3 is 0 Å². The van der Waals surface area contributed by atoms with Gasteiger partial charge in [0.15, 0.2) is 5.69 Å². The Kier molecular flexibility index (Phi) is 4.89. The number of amides is 1. The molecule has 0 bridgehead atoms. The Morgan fingerprint density at radius 1 is 1.08 bits per heavy atom. The van der Waals surface area contributed by atoms with E-state index in [1.54, 1.807) is 36.4 Å². The van der Waals surface area contributed by atoms with E-state index in [0.717, 1.165) is 11.4 Å². The summed E-state index contributed by atoms with van der Waals surface area (Å²) in [4.78, 5) is 24.4. The molecule has 25 heavy (non-hydrogen) atoms. The molecule has 0 radical (unpaired) electrons. The third-order valence-corrected chi connectivity index (χ3v) is 3.47. The zero-order valence-corrected chi connectivity index (χ0v) is 13.7. The van der Waals surface area contributed by atoms with Crippen molar-refractivity contribution in [3.05, 3.63) is 82.8 Å². The molecule has 3 aromatic rings. The molecule has 1 aromatic heterocycles. The van der Waals surface area contributed by atoms with Gasteiger partial charge in [0.1, 0.15) is 5.75 Å². The van der Waals surface area contributed by atoms with Crippen LogP contribution in [-0.4, -0.2) is 22.3 Å². The Morgan fingerprint density at radius 2 is 1.80 bits per heavy atom. The van der Waals surface area contributed by atoms with Gasteiger partial charge in [0.05, 0.1) is 12.3 Å². The maximum atomic E-state index is 12.4. The van der Waals surface area contributed by atoms with Crippen LogP contribution >= 0.6 is 0 Å². The van der Waals surface area contributed by atoms with Gasteiger partial charge in [-0.2, -0.15) is 5.10 Å². The highest BCUT2D eigenvalue weighted by molar-refractivity contribution is 6.02. The van der Waals surface area contributed by atoms with Crippen molar-refractivity contribution in [3.8, 4) is 11.4 Å². The smallest absolute Gasteiger partial charge is 0.280 e. The van der Waals surface area contributed by atoms with E-state index in [4.69, 9.17) is 4.74 Å². The second-order valence-corrected chi connectivity index (χ2v) is 5.22. The summed E-state index contributed by atoms with van der Waals surface area (Å²) in [7, 11) is 0. The SMILES string of the molecule is CCOc1ccc(-n2ccc(=O)c(C(=O)Nc3ccccc3)n2)cc1. The molecular weight excluding hydrogens is 318 g/mol. The Morgan fingerprint density at radius 3 is 2.48 bits per heavy atom. The topological polar surface area (TPSA) is 73.2 Å². The molecule has 0 fully saturated rings. The number of nitrogens with one attached hydrogen (secondary N) is 1. The van der Waals surface area contributed by atoms with Crippen LogP contribution in [0.1, 0.15) is 17.4 Å². The van der Waals surface area contributed by atoms with Crippen LogP contribution in [0.3, 0.4) is 0 Å². The van der Waals surface area contributed by atoms with Gasteiger partial charge in [0, 0.05) is 18.0 Å². The van der Waals surface area contributed by atoms with Crippen molar-refractivity contribution in [1.82, 2.24) is 9.78 Å². The van der Waals surface area contributed by atoms with Crippen LogP contribution < -0.4 is 15.5 Å². The average molecular weight is 335 g/mol. The summed E-state index contributed by atoms with van der Waals surface area (Å²) >= 11 is 0. The molecule has 0 atom stereocenters. The molecule has 0 unspecified atom stereocenters. The first-order chi connectivity index (χ1) is 12.2. The number of carbonyl (C=O) groups is 1. The quantitative estimate of drug-likeness (QED) is 0.778. The zero-order valence-electron chi connectivity index (χ0n) is 13.7. The average Bonchev–Trinajstić information content (AvgIpc) is 2.64. The van der Waals surface area contributed by atoms with Crippen molar-refractivity contribution in [2.24, 2.45) is 0 Å². The molecule has 126 valence electrons. The summed E-state index contributed by atoms with van der Waals surface area (Å²) < 4.78 is 6.88. The van der Waals surface area contributed by atoms with Crippen molar-refractivity contribution in [2.75, 3.05) is 11.9 Å². The molecule has 0 aliphatic heterocycles. The van der Waals surface area contributed by atoms with E-state index in [1.165, 1.54) is 16.9 Å². The lowest BCUT2D eigenvalue weighted by atomic mass is 10.3. The monoisotopic (exact) mass is 335 g/mol. The van der Waals surface area contributed by atoms with E-state index in [0.29, 0.717) is 12.3 Å². The van der Waals surface area contributed by atoms with Crippen molar-refractivity contribution < 1.29 is 9.53 Å². The van der Waals surface area contributed by atoms with E-state index in [-0.39, 0.29) is 5.69 Å². The number of para-hydroxylation sites is 1. The third kappa shape index (κ3) is 3.92. The predicted octanol–water partition coefficient (Wildman–Crippen LogP) is 2.88. The van der Waals surface area contributed by atoms with Crippen LogP contribution in [0.2, 0.25) is 0 Å². The fourth-order valence-corrected chi connectivity index (χ4v) is 2.28. The zero-order chi connectivity index (χ0) is 17.6. The summed E-state index contributed by atoms with van der Waals surface area (Å²) in [5, 5.41) is 6.83. The van der Waals surface area contributed by atoms with Gasteiger partial charge < -0.3 is 10.1 Å². The van der Waals surface area contributed by atoms with Crippen molar-refractivity contribution in [3.63, 3.8) is 0 Å². The summed E-state index contributed by atoms with van der Waals surface area (Å²) in [6, 6.07) is 17.5. The van der Waals surface area contributed by atoms with Crippen LogP contribution in [0.15, 0.2) is 71.7 Å². The molecular formula is C19H17N3O3. The molecule has 1 N–H and O–H groups in total. The molecule has 0 saturated carbocycles. The predicted molar refractivity (Wildman–Crippen MR) is 95.4 cm³/mol. The fourth-order valence-electron chi connectivity index (χ4n) is 2.28. The molecule has 0 spiro atoms. The van der Waals surface area contributed by atoms with Crippen LogP contribution in [0.5, 0.6) is 5.75 Å². The van der Waals surface area contributed by atoms with Gasteiger partial charge in [0.2, 0.25) is 5.43 Å². The van der Waals surface area contributed by atoms with Crippen molar-refractivity contribution in [1.29, 1.82) is 0 Å². The number of benzene rings is 2. The number of ether oxygens (including phenoxy) is 1. The number of rotatable bonds is 5. The maximum Gasteiger partial charge on any atom is 0.280 e. The summed E-state index contributed by atoms with van der Waals surface area (Å²) in [6.45, 7) is 2.49. The minimum absolute atomic E-state index is 0.166. The molecule has 1 amide bonds. The summed E-state index contributed by atoms with van der Waals surface area (Å²) in [5.41, 5.74) is 0.721. The highest BCUT2D eigenvalue weighted by atomic mass is 16.5. The minimum atomic E-state index is -0.545. The number of carbonyl (C=O) groups excluding carboxylic acids is 1. The standard InChI is InChI=1S/C19H17N3O3/c1-2-25-16-10-8-15(9-11-16)22-13-12-17(23)18(21-22)19(24)20-14-6-4-3-5-7-14/h3-13H,2H2,1H3,(H,20,24). The van der Waals surface area contributed by atoms with Crippen molar-refractivity contribution >= 4 is 11.6 Å². The Hall–Kier alpha value is -3.41. The molecule has 6 heteroatoms. The van der Waals surface area contributed by atoms with Gasteiger partial charge in [0.25, 0.3) is 5.91 Å². The highest BCUT2D eigenvalue weighted by Crippen LogP contribution is 2.14. The fraction of sp³-hybridized carbons (Fsp3) is 0.105. The first-order valence-corrected chi connectivity index (χ1v) is 7.87. The molecule has 0 aliphatic carbocycles. The number of nitrogens with zero attached hydrogens (tertiary/aromatic N) is 2. The van der Waals surface area contributed by atoms with Crippen LogP contribution in [0, 0.1) is 0 Å². The second-order valence-electron chi connectivity index (χ2n) is 5.22. The third-order valence-electron chi connectivity index (χ3n) is 3.47. The van der Waals surface area contributed by atoms with Gasteiger partial charge in [-0.25, -0.2) is 4.68 Å². The maximum absolute atomic E-state index is 12.4. The van der Waals surface area contributed by atoms with E-state index >= 15 is 0 Å². The second kappa shape index (κ2) is 7.44. The van der Waals surface area contributed by atoms with Gasteiger partial charge in [-0.1, -0.05) is 18.2 Å². The molecule has 6 nitrogen and oxygen atoms in total. The van der Waals surface area contributed by atoms with Crippen molar-refractivity contribution in [2.45, 2.75) is 6.92 Å². The highest BCUT2D eigenvalue weighted by Gasteiger charge is 2.13. The number of hydrogen-bond acceptors (Lipinski definition) is 4. The largest absolute Gasteiger partial charge is 0.494 e. The van der Waals surface area contributed by atoms with Gasteiger partial charge in [-0.3, -0.25) is 9.59 Å². The van der Waals surface area contributed by atoms with Gasteiger partial charge in [-0.15, -0.1) is 0 Å². The number of hydrogen-bond donors (Lipinski definition) is 1. The Labute approximate surface area is 144 Å². The summed E-state index contributed by atoms with van der Waals surface area (Å²) in [6.07, 6.45) is 1.53. The molecule has 1 heterocycles. The normalized spacial score (nSPS) is 10.3. The summed E-state index contributed by atoms with van der Waals surface area (Å²) in [5.74, 6) is 0.200. The minimum Gasteiger partial charge on any atom is -0.494 e. The molecule has 3 rings (SSSR count). The number of aromatic nitrogens is 2. The first-order valence-electron chi connectivity index (χ1n) is 7.87. The van der Waals surface area contributed by atoms with E-state index in [9.17, 15) is 9.59 Å². The lowest BCUT2D eigenvalue weighted by molar-refractivity contribution is 0.101. The lowest BCUT2D eigenvalue weighted by Crippen LogP contribution is -2.25. The molecule has 0 saturated heterocycles. The number of anilines is 1. The van der Waals surface area contributed by atoms with E-state index in [2.05, 4.69) is 10.4 Å². The van der Waals surface area contributed by atoms with E-state index < -0.39 is 11.3 Å². The van der Waals surface area contributed by atoms with Crippen LogP contribution in [0.4, 0.5) is 5.69 Å². The van der Waals surface area contributed by atoms with E-state index in [1.807, 2.05) is 25.1 Å². The molecule has 0 aliphatic rings. The lowest BCUT2D eigenvalue weighted by Gasteiger charge is -2.09. The van der Waals surface area contributed by atoms with Crippen LogP contribution in [-0.2, 0) is 0 Å². The van der Waals surface area contributed by atoms with Gasteiger partial charge in [-0.05, 0) is 43.3 Å². The Bertz CT molecular complexity index is 919.